The SMILES string of the molecule is C#[N+]/C(=C(/C)C=C(C)C)c1cc(N2CCc3nc(C)ncc3C2)ncc1Cl. The Morgan fingerprint density at radius 1 is 1.26 bits per heavy atom. The maximum atomic E-state index is 6.42. The van der Waals surface area contributed by atoms with Crippen LogP contribution in [0.5, 0.6) is 0 Å². The molecule has 0 spiro atoms. The molecule has 0 fully saturated rings. The molecular formula is C21H23ClN5+. The predicted octanol–water partition coefficient (Wildman–Crippen LogP) is 5.06. The van der Waals surface area contributed by atoms with Crippen molar-refractivity contribution in [1.82, 2.24) is 15.0 Å². The summed E-state index contributed by atoms with van der Waals surface area (Å²) in [6.07, 6.45) is 6.46. The van der Waals surface area contributed by atoms with Crippen LogP contribution in [0.3, 0.4) is 0 Å². The van der Waals surface area contributed by atoms with Gasteiger partial charge in [0, 0.05) is 43.0 Å². The first-order valence-corrected chi connectivity index (χ1v) is 9.25. The van der Waals surface area contributed by atoms with Gasteiger partial charge in [-0.2, -0.15) is 0 Å². The molecule has 0 saturated carbocycles. The first-order chi connectivity index (χ1) is 12.9. The summed E-state index contributed by atoms with van der Waals surface area (Å²) in [6, 6.07) is 1.95. The molecule has 0 radical (unpaired) electrons. The third kappa shape index (κ3) is 4.17. The summed E-state index contributed by atoms with van der Waals surface area (Å²) in [5.41, 5.74) is 5.83. The molecule has 138 valence electrons. The second-order valence-electron chi connectivity index (χ2n) is 6.97. The van der Waals surface area contributed by atoms with Gasteiger partial charge in [-0.1, -0.05) is 23.3 Å². The van der Waals surface area contributed by atoms with Gasteiger partial charge >= 0.3 is 5.70 Å². The van der Waals surface area contributed by atoms with E-state index in [9.17, 15) is 0 Å². The Labute approximate surface area is 165 Å². The lowest BCUT2D eigenvalue weighted by Gasteiger charge is -2.29. The van der Waals surface area contributed by atoms with Crippen molar-refractivity contribution in [3.8, 4) is 6.57 Å². The minimum absolute atomic E-state index is 0.529. The summed E-state index contributed by atoms with van der Waals surface area (Å²) in [6.45, 7) is 15.2. The average Bonchev–Trinajstić information content (AvgIpc) is 2.63. The van der Waals surface area contributed by atoms with Crippen LogP contribution in [-0.2, 0) is 13.0 Å². The molecule has 0 saturated heterocycles. The van der Waals surface area contributed by atoms with Crippen LogP contribution >= 0.6 is 11.6 Å². The van der Waals surface area contributed by atoms with E-state index >= 15 is 0 Å². The zero-order valence-corrected chi connectivity index (χ0v) is 16.9. The molecule has 0 aliphatic carbocycles. The lowest BCUT2D eigenvalue weighted by Crippen LogP contribution is -2.32. The highest BCUT2D eigenvalue weighted by atomic mass is 35.5. The Hall–Kier alpha value is -2.71. The Morgan fingerprint density at radius 3 is 2.74 bits per heavy atom. The molecule has 5 nitrogen and oxygen atoms in total. The van der Waals surface area contributed by atoms with Gasteiger partial charge in [-0.15, -0.1) is 0 Å². The number of rotatable bonds is 3. The van der Waals surface area contributed by atoms with E-state index in [1.807, 2.05) is 46.0 Å². The van der Waals surface area contributed by atoms with Gasteiger partial charge in [0.25, 0.3) is 6.57 Å². The zero-order chi connectivity index (χ0) is 19.6. The molecule has 0 N–H and O–H groups in total. The van der Waals surface area contributed by atoms with Crippen molar-refractivity contribution in [2.24, 2.45) is 0 Å². The Balaban J connectivity index is 1.98. The van der Waals surface area contributed by atoms with Crippen molar-refractivity contribution >= 4 is 23.1 Å². The molecule has 3 heterocycles. The van der Waals surface area contributed by atoms with E-state index < -0.39 is 0 Å². The molecule has 0 amide bonds. The number of hydrogen-bond acceptors (Lipinski definition) is 4. The molecule has 0 bridgehead atoms. The fraction of sp³-hybridized carbons (Fsp3) is 0.333. The van der Waals surface area contributed by atoms with E-state index in [2.05, 4.69) is 24.7 Å². The van der Waals surface area contributed by atoms with Crippen LogP contribution in [0, 0.1) is 13.5 Å². The minimum atomic E-state index is 0.529. The van der Waals surface area contributed by atoms with E-state index in [1.54, 1.807) is 6.20 Å². The van der Waals surface area contributed by atoms with Crippen LogP contribution < -0.4 is 4.90 Å². The molecule has 27 heavy (non-hydrogen) atoms. The number of nitrogens with zero attached hydrogens (tertiary/aromatic N) is 5. The Morgan fingerprint density at radius 2 is 2.04 bits per heavy atom. The number of hydrogen-bond donors (Lipinski definition) is 0. The maximum Gasteiger partial charge on any atom is 0.351 e. The van der Waals surface area contributed by atoms with Gasteiger partial charge < -0.3 is 4.90 Å². The van der Waals surface area contributed by atoms with Crippen LogP contribution in [0.15, 0.2) is 35.7 Å². The number of fused-ring (bicyclic) bond motifs is 1. The molecule has 0 atom stereocenters. The van der Waals surface area contributed by atoms with Crippen molar-refractivity contribution in [3.63, 3.8) is 0 Å². The van der Waals surface area contributed by atoms with Gasteiger partial charge in [0.1, 0.15) is 11.6 Å². The minimum Gasteiger partial charge on any atom is -0.352 e. The van der Waals surface area contributed by atoms with Crippen molar-refractivity contribution in [2.45, 2.75) is 40.7 Å². The highest BCUT2D eigenvalue weighted by Crippen LogP contribution is 2.32. The second-order valence-corrected chi connectivity index (χ2v) is 7.37. The molecule has 1 aliphatic heterocycles. The van der Waals surface area contributed by atoms with Gasteiger partial charge in [-0.05, 0) is 38.6 Å². The van der Waals surface area contributed by atoms with E-state index in [-0.39, 0.29) is 0 Å². The van der Waals surface area contributed by atoms with Crippen LogP contribution in [-0.4, -0.2) is 21.5 Å². The van der Waals surface area contributed by atoms with Crippen LogP contribution in [0.2, 0.25) is 5.02 Å². The number of aromatic nitrogens is 3. The quantitative estimate of drug-likeness (QED) is 0.698. The molecule has 2 aromatic rings. The number of allylic oxidation sites excluding steroid dienone is 3. The highest BCUT2D eigenvalue weighted by Gasteiger charge is 2.23. The lowest BCUT2D eigenvalue weighted by atomic mass is 10.1. The van der Waals surface area contributed by atoms with Crippen LogP contribution in [0.4, 0.5) is 5.82 Å². The molecule has 3 rings (SSSR count). The van der Waals surface area contributed by atoms with Crippen molar-refractivity contribution < 1.29 is 0 Å². The Bertz CT molecular complexity index is 981. The second kappa shape index (κ2) is 7.89. The van der Waals surface area contributed by atoms with Crippen molar-refractivity contribution in [3.05, 3.63) is 68.2 Å². The normalized spacial score (nSPS) is 14.1. The van der Waals surface area contributed by atoms with Crippen LogP contribution in [0.25, 0.3) is 10.5 Å². The van der Waals surface area contributed by atoms with Crippen LogP contribution in [0.1, 0.15) is 43.4 Å². The molecule has 6 heteroatoms. The standard InChI is InChI=1S/C21H23ClN5/c1-13(2)8-14(3)21(23-5)17-9-20(25-11-18(17)22)27-7-6-19-16(12-27)10-24-15(4)26-19/h5,8-11H,6-7,12H2,1-4H3/q+1/b21-14-. The Kier molecular flexibility index (Phi) is 5.57. The topological polar surface area (TPSA) is 46.3 Å². The number of anilines is 1. The third-order valence-corrected chi connectivity index (χ3v) is 4.78. The van der Waals surface area contributed by atoms with Gasteiger partial charge in [-0.25, -0.2) is 15.0 Å². The fourth-order valence-corrected chi connectivity index (χ4v) is 3.47. The summed E-state index contributed by atoms with van der Waals surface area (Å²) in [5, 5.41) is 0.529. The zero-order valence-electron chi connectivity index (χ0n) is 16.1. The summed E-state index contributed by atoms with van der Waals surface area (Å²) in [5.74, 6) is 1.65. The lowest BCUT2D eigenvalue weighted by molar-refractivity contribution is 0.691. The first-order valence-electron chi connectivity index (χ1n) is 8.88. The summed E-state index contributed by atoms with van der Waals surface area (Å²) in [7, 11) is 0. The van der Waals surface area contributed by atoms with E-state index in [1.165, 1.54) is 5.57 Å². The fourth-order valence-electron chi connectivity index (χ4n) is 3.28. The smallest absolute Gasteiger partial charge is 0.351 e. The first kappa shape index (κ1) is 19.1. The number of halogens is 1. The monoisotopic (exact) mass is 380 g/mol. The molecule has 2 aromatic heterocycles. The van der Waals surface area contributed by atoms with Gasteiger partial charge in [0.05, 0.1) is 16.3 Å². The maximum absolute atomic E-state index is 6.42. The molecule has 0 aromatic carbocycles. The summed E-state index contributed by atoms with van der Waals surface area (Å²) < 4.78 is 0. The van der Waals surface area contributed by atoms with Crippen molar-refractivity contribution in [2.75, 3.05) is 11.4 Å². The molecule has 0 unspecified atom stereocenters. The molecule has 1 aliphatic rings. The predicted molar refractivity (Wildman–Crippen MR) is 111 cm³/mol. The number of aryl methyl sites for hydroxylation is 1. The van der Waals surface area contributed by atoms with Gasteiger partial charge in [0.2, 0.25) is 0 Å². The van der Waals surface area contributed by atoms with E-state index in [0.29, 0.717) is 10.7 Å². The van der Waals surface area contributed by atoms with Gasteiger partial charge in [0.15, 0.2) is 0 Å². The van der Waals surface area contributed by atoms with Crippen molar-refractivity contribution in [1.29, 1.82) is 0 Å². The summed E-state index contributed by atoms with van der Waals surface area (Å²) >= 11 is 6.42. The van der Waals surface area contributed by atoms with E-state index in [0.717, 1.165) is 53.5 Å². The summed E-state index contributed by atoms with van der Waals surface area (Å²) in [4.78, 5) is 19.6. The van der Waals surface area contributed by atoms with E-state index in [4.69, 9.17) is 18.2 Å². The highest BCUT2D eigenvalue weighted by molar-refractivity contribution is 6.32. The third-order valence-electron chi connectivity index (χ3n) is 4.48. The largest absolute Gasteiger partial charge is 0.352 e. The number of pyridine rings is 1. The average molecular weight is 381 g/mol. The molecular weight excluding hydrogens is 358 g/mol. The van der Waals surface area contributed by atoms with Gasteiger partial charge in [-0.3, -0.25) is 0 Å².